The number of rotatable bonds is 20. The minimum Gasteiger partial charge on any atom is -0.435 e. The number of ether oxygens (including phenoxy) is 1. The largest absolute Gasteiger partial charge is 0.435 e. The van der Waals surface area contributed by atoms with Gasteiger partial charge in [0.25, 0.3) is 0 Å². The summed E-state index contributed by atoms with van der Waals surface area (Å²) in [5, 5.41) is 0. The Morgan fingerprint density at radius 3 is 1.38 bits per heavy atom. The minimum absolute atomic E-state index is 0.147. The predicted molar refractivity (Wildman–Crippen MR) is 114 cm³/mol. The van der Waals surface area contributed by atoms with Crippen molar-refractivity contribution in [1.82, 2.24) is 0 Å². The maximum absolute atomic E-state index is 11.1. The van der Waals surface area contributed by atoms with Crippen molar-refractivity contribution in [3.05, 3.63) is 12.8 Å². The van der Waals surface area contributed by atoms with Crippen LogP contribution < -0.4 is 0 Å². The van der Waals surface area contributed by atoms with Gasteiger partial charge in [0.15, 0.2) is 0 Å². The van der Waals surface area contributed by atoms with E-state index in [0.29, 0.717) is 6.42 Å². The molecule has 0 aromatic carbocycles. The molecule has 0 unspecified atom stereocenters. The van der Waals surface area contributed by atoms with Gasteiger partial charge in [0.1, 0.15) is 0 Å². The van der Waals surface area contributed by atoms with Gasteiger partial charge in [-0.2, -0.15) is 0 Å². The second-order valence-electron chi connectivity index (χ2n) is 8.25. The van der Waals surface area contributed by atoms with E-state index in [4.69, 9.17) is 4.74 Å². The van der Waals surface area contributed by atoms with Crippen LogP contribution in [0.25, 0.3) is 0 Å². The van der Waals surface area contributed by atoms with Crippen LogP contribution in [-0.2, 0) is 9.53 Å². The van der Waals surface area contributed by atoms with Crippen molar-refractivity contribution < 1.29 is 9.53 Å². The molecule has 0 rings (SSSR count). The van der Waals surface area contributed by atoms with Gasteiger partial charge in [-0.1, -0.05) is 123 Å². The maximum Gasteiger partial charge on any atom is 0.310 e. The van der Waals surface area contributed by atoms with Crippen LogP contribution in [0.2, 0.25) is 0 Å². The molecular weight excluding hydrogens is 320 g/mol. The fourth-order valence-electron chi connectivity index (χ4n) is 3.45. The Morgan fingerprint density at radius 1 is 0.692 bits per heavy atom. The van der Waals surface area contributed by atoms with Gasteiger partial charge in [-0.05, 0) is 12.3 Å². The lowest BCUT2D eigenvalue weighted by Gasteiger charge is -2.05. The molecule has 0 fully saturated rings. The van der Waals surface area contributed by atoms with Crippen LogP contribution in [0, 0.1) is 5.92 Å². The third kappa shape index (κ3) is 21.3. The number of esters is 1. The minimum atomic E-state index is -0.147. The Morgan fingerprint density at radius 2 is 1.04 bits per heavy atom. The van der Waals surface area contributed by atoms with Crippen molar-refractivity contribution in [3.8, 4) is 0 Å². The zero-order valence-corrected chi connectivity index (χ0v) is 17.9. The first-order valence-electron chi connectivity index (χ1n) is 11.5. The zero-order chi connectivity index (χ0) is 19.3. The Balaban J connectivity index is 3.05. The number of hydrogen-bond acceptors (Lipinski definition) is 2. The fraction of sp³-hybridized carbons (Fsp3) is 0.875. The number of carbonyl (C=O) groups is 1. The average Bonchev–Trinajstić information content (AvgIpc) is 2.60. The lowest BCUT2D eigenvalue weighted by molar-refractivity contribution is -0.138. The van der Waals surface area contributed by atoms with E-state index in [1.807, 2.05) is 0 Å². The van der Waals surface area contributed by atoms with Crippen molar-refractivity contribution in [3.63, 3.8) is 0 Å². The standard InChI is InChI=1S/C24H46O2/c1-4-26-24(25)22-20-18-16-14-12-10-8-6-5-7-9-11-13-15-17-19-21-23(2)3/h4,23H,1,5-22H2,2-3H3. The summed E-state index contributed by atoms with van der Waals surface area (Å²) in [5.74, 6) is 0.731. The Bertz CT molecular complexity index is 309. The molecule has 0 aromatic heterocycles. The number of unbranched alkanes of at least 4 members (excludes halogenated alkanes) is 15. The highest BCUT2D eigenvalue weighted by molar-refractivity contribution is 5.69. The lowest BCUT2D eigenvalue weighted by atomic mass is 10.0. The van der Waals surface area contributed by atoms with Crippen molar-refractivity contribution in [2.45, 2.75) is 129 Å². The van der Waals surface area contributed by atoms with E-state index in [1.54, 1.807) is 0 Å². The molecule has 0 aliphatic heterocycles. The van der Waals surface area contributed by atoms with Crippen LogP contribution in [-0.4, -0.2) is 5.97 Å². The van der Waals surface area contributed by atoms with Gasteiger partial charge in [0.05, 0.1) is 6.26 Å². The molecule has 0 saturated carbocycles. The average molecular weight is 367 g/mol. The summed E-state index contributed by atoms with van der Waals surface area (Å²) in [5.41, 5.74) is 0. The second-order valence-corrected chi connectivity index (χ2v) is 8.25. The number of hydrogen-bond donors (Lipinski definition) is 0. The summed E-state index contributed by atoms with van der Waals surface area (Å²) in [6.07, 6.45) is 24.9. The molecule has 0 radical (unpaired) electrons. The summed E-state index contributed by atoms with van der Waals surface area (Å²) in [7, 11) is 0. The summed E-state index contributed by atoms with van der Waals surface area (Å²) in [6.45, 7) is 8.04. The molecule has 0 heterocycles. The molecule has 2 heteroatoms. The van der Waals surface area contributed by atoms with Crippen molar-refractivity contribution in [2.75, 3.05) is 0 Å². The molecule has 0 aliphatic carbocycles. The molecule has 0 bridgehead atoms. The normalized spacial score (nSPS) is 11.0. The quantitative estimate of drug-likeness (QED) is 0.123. The topological polar surface area (TPSA) is 26.3 Å². The van der Waals surface area contributed by atoms with Crippen LogP contribution in [0.5, 0.6) is 0 Å². The van der Waals surface area contributed by atoms with Gasteiger partial charge in [-0.25, -0.2) is 0 Å². The first-order chi connectivity index (χ1) is 12.7. The highest BCUT2D eigenvalue weighted by Crippen LogP contribution is 2.15. The van der Waals surface area contributed by atoms with E-state index in [0.717, 1.165) is 18.8 Å². The Hall–Kier alpha value is -0.790. The molecule has 0 aromatic rings. The van der Waals surface area contributed by atoms with Crippen LogP contribution in [0.1, 0.15) is 129 Å². The molecule has 0 saturated heterocycles. The van der Waals surface area contributed by atoms with Crippen molar-refractivity contribution >= 4 is 5.97 Å². The molecule has 2 nitrogen and oxygen atoms in total. The van der Waals surface area contributed by atoms with Crippen LogP contribution in [0.4, 0.5) is 0 Å². The maximum atomic E-state index is 11.1. The van der Waals surface area contributed by atoms with Gasteiger partial charge in [0, 0.05) is 6.42 Å². The third-order valence-corrected chi connectivity index (χ3v) is 5.13. The van der Waals surface area contributed by atoms with Gasteiger partial charge >= 0.3 is 5.97 Å². The van der Waals surface area contributed by atoms with Crippen LogP contribution in [0.15, 0.2) is 12.8 Å². The monoisotopic (exact) mass is 366 g/mol. The fourth-order valence-corrected chi connectivity index (χ4v) is 3.45. The molecule has 0 N–H and O–H groups in total. The highest BCUT2D eigenvalue weighted by Gasteiger charge is 2.00. The molecule has 26 heavy (non-hydrogen) atoms. The van der Waals surface area contributed by atoms with E-state index in [9.17, 15) is 4.79 Å². The first kappa shape index (κ1) is 25.2. The van der Waals surface area contributed by atoms with Gasteiger partial charge < -0.3 is 4.74 Å². The Labute approximate surface area is 164 Å². The first-order valence-corrected chi connectivity index (χ1v) is 11.5. The molecule has 0 amide bonds. The molecule has 0 spiro atoms. The lowest BCUT2D eigenvalue weighted by Crippen LogP contribution is -1.98. The molecule has 0 atom stereocenters. The van der Waals surface area contributed by atoms with Crippen LogP contribution >= 0.6 is 0 Å². The van der Waals surface area contributed by atoms with Gasteiger partial charge in [-0.15, -0.1) is 0 Å². The SMILES string of the molecule is C=COC(=O)CCCCCCCCCCCCCCCCCCC(C)C. The van der Waals surface area contributed by atoms with E-state index in [2.05, 4.69) is 20.4 Å². The van der Waals surface area contributed by atoms with Crippen molar-refractivity contribution in [2.24, 2.45) is 5.92 Å². The second kappa shape index (κ2) is 20.5. The molecule has 154 valence electrons. The van der Waals surface area contributed by atoms with Crippen molar-refractivity contribution in [1.29, 1.82) is 0 Å². The molecular formula is C24H46O2. The van der Waals surface area contributed by atoms with Crippen LogP contribution in [0.3, 0.4) is 0 Å². The summed E-state index contributed by atoms with van der Waals surface area (Å²) in [4.78, 5) is 11.1. The van der Waals surface area contributed by atoms with E-state index in [1.165, 1.54) is 103 Å². The predicted octanol–water partition coefficient (Wildman–Crippen LogP) is 8.35. The summed E-state index contributed by atoms with van der Waals surface area (Å²) >= 11 is 0. The van der Waals surface area contributed by atoms with E-state index in [-0.39, 0.29) is 5.97 Å². The van der Waals surface area contributed by atoms with Gasteiger partial charge in [0.2, 0.25) is 0 Å². The highest BCUT2D eigenvalue weighted by atomic mass is 16.5. The molecule has 0 aliphatic rings. The number of carbonyl (C=O) groups excluding carboxylic acids is 1. The van der Waals surface area contributed by atoms with Gasteiger partial charge in [-0.3, -0.25) is 4.79 Å². The Kier molecular flexibility index (Phi) is 19.9. The smallest absolute Gasteiger partial charge is 0.310 e. The summed E-state index contributed by atoms with van der Waals surface area (Å²) in [6, 6.07) is 0. The van der Waals surface area contributed by atoms with E-state index >= 15 is 0 Å². The zero-order valence-electron chi connectivity index (χ0n) is 17.9. The van der Waals surface area contributed by atoms with E-state index < -0.39 is 0 Å². The summed E-state index contributed by atoms with van der Waals surface area (Å²) < 4.78 is 4.70. The third-order valence-electron chi connectivity index (χ3n) is 5.13.